The van der Waals surface area contributed by atoms with Crippen LogP contribution in [0, 0.1) is 0 Å². The van der Waals surface area contributed by atoms with Crippen molar-refractivity contribution in [2.45, 2.75) is 39.2 Å². The van der Waals surface area contributed by atoms with Crippen LogP contribution in [-0.2, 0) is 11.2 Å². The average Bonchev–Trinajstić information content (AvgIpc) is 2.87. The molecule has 1 aromatic rings. The van der Waals surface area contributed by atoms with Gasteiger partial charge >= 0.3 is 0 Å². The monoisotopic (exact) mass is 221 g/mol. The van der Waals surface area contributed by atoms with Crippen LogP contribution < -0.4 is 0 Å². The van der Waals surface area contributed by atoms with Gasteiger partial charge in [0.15, 0.2) is 0 Å². The molecule has 2 heterocycles. The van der Waals surface area contributed by atoms with E-state index >= 15 is 0 Å². The number of amides is 1. The second kappa shape index (κ2) is 4.68. The zero-order chi connectivity index (χ0) is 11.5. The van der Waals surface area contributed by atoms with Crippen molar-refractivity contribution >= 4 is 5.91 Å². The summed E-state index contributed by atoms with van der Waals surface area (Å²) in [5.74, 6) is 0.214. The molecule has 0 unspecified atom stereocenters. The zero-order valence-electron chi connectivity index (χ0n) is 10.0. The van der Waals surface area contributed by atoms with E-state index in [9.17, 15) is 4.79 Å². The molecule has 0 bridgehead atoms. The van der Waals surface area contributed by atoms with Crippen LogP contribution in [0.25, 0.3) is 0 Å². The molecule has 0 N–H and O–H groups in total. The van der Waals surface area contributed by atoms with Gasteiger partial charge in [0.1, 0.15) is 0 Å². The van der Waals surface area contributed by atoms with Gasteiger partial charge in [-0.05, 0) is 32.8 Å². The largest absolute Gasteiger partial charge is 0.342 e. The zero-order valence-corrected chi connectivity index (χ0v) is 10.0. The molecule has 1 fully saturated rings. The first-order valence-electron chi connectivity index (χ1n) is 5.98. The normalized spacial score (nSPS) is 16.1. The van der Waals surface area contributed by atoms with Gasteiger partial charge in [-0.1, -0.05) is 0 Å². The Bertz CT molecular complexity index is 364. The minimum atomic E-state index is 0.214. The topological polar surface area (TPSA) is 38.1 Å². The summed E-state index contributed by atoms with van der Waals surface area (Å²) in [7, 11) is 0. The van der Waals surface area contributed by atoms with Crippen LogP contribution in [-0.4, -0.2) is 33.7 Å². The van der Waals surface area contributed by atoms with Gasteiger partial charge in [-0.3, -0.25) is 9.48 Å². The molecule has 4 heteroatoms. The number of aromatic nitrogens is 2. The Hall–Kier alpha value is -1.32. The highest BCUT2D eigenvalue weighted by Crippen LogP contribution is 2.10. The second-order valence-electron chi connectivity index (χ2n) is 4.65. The highest BCUT2D eigenvalue weighted by molar-refractivity contribution is 5.78. The van der Waals surface area contributed by atoms with Gasteiger partial charge in [-0.15, -0.1) is 0 Å². The van der Waals surface area contributed by atoms with Crippen LogP contribution in [0.1, 0.15) is 38.4 Å². The van der Waals surface area contributed by atoms with Crippen LogP contribution in [0.3, 0.4) is 0 Å². The van der Waals surface area contributed by atoms with Gasteiger partial charge in [0.05, 0.1) is 12.1 Å². The standard InChI is InChI=1S/C12H19N3O/c1-10(2)15-8-5-11(13-15)9-12(16)14-6-3-4-7-14/h5,8,10H,3-4,6-7,9H2,1-2H3. The predicted octanol–water partition coefficient (Wildman–Crippen LogP) is 1.63. The molecule has 4 nitrogen and oxygen atoms in total. The number of carbonyl (C=O) groups is 1. The Morgan fingerprint density at radius 2 is 2.12 bits per heavy atom. The summed E-state index contributed by atoms with van der Waals surface area (Å²) in [4.78, 5) is 13.8. The van der Waals surface area contributed by atoms with E-state index in [1.807, 2.05) is 21.8 Å². The second-order valence-corrected chi connectivity index (χ2v) is 4.65. The highest BCUT2D eigenvalue weighted by atomic mass is 16.2. The molecule has 1 amide bonds. The third-order valence-corrected chi connectivity index (χ3v) is 2.98. The molecule has 0 atom stereocenters. The predicted molar refractivity (Wildman–Crippen MR) is 62.1 cm³/mol. The molecule has 88 valence electrons. The van der Waals surface area contributed by atoms with Crippen LogP contribution in [0.15, 0.2) is 12.3 Å². The number of hydrogen-bond donors (Lipinski definition) is 0. The van der Waals surface area contributed by atoms with Crippen molar-refractivity contribution in [3.05, 3.63) is 18.0 Å². The maximum absolute atomic E-state index is 11.9. The summed E-state index contributed by atoms with van der Waals surface area (Å²) >= 11 is 0. The number of rotatable bonds is 3. The van der Waals surface area contributed by atoms with Gasteiger partial charge in [0.2, 0.25) is 5.91 Å². The molecule has 0 saturated carbocycles. The summed E-state index contributed by atoms with van der Waals surface area (Å²) in [6.07, 6.45) is 4.68. The van der Waals surface area contributed by atoms with Crippen LogP contribution >= 0.6 is 0 Å². The van der Waals surface area contributed by atoms with E-state index in [1.54, 1.807) is 0 Å². The molecule has 1 aliphatic heterocycles. The Labute approximate surface area is 96.2 Å². The molecule has 0 aromatic carbocycles. The number of carbonyl (C=O) groups excluding carboxylic acids is 1. The number of nitrogens with zero attached hydrogens (tertiary/aromatic N) is 3. The summed E-state index contributed by atoms with van der Waals surface area (Å²) < 4.78 is 1.90. The van der Waals surface area contributed by atoms with Gasteiger partial charge in [-0.2, -0.15) is 5.10 Å². The summed E-state index contributed by atoms with van der Waals surface area (Å²) in [5, 5.41) is 4.39. The lowest BCUT2D eigenvalue weighted by molar-refractivity contribution is -0.129. The molecule has 0 spiro atoms. The van der Waals surface area contributed by atoms with Gasteiger partial charge in [0, 0.05) is 25.3 Å². The van der Waals surface area contributed by atoms with Gasteiger partial charge in [-0.25, -0.2) is 0 Å². The van der Waals surface area contributed by atoms with Crippen molar-refractivity contribution in [3.8, 4) is 0 Å². The third kappa shape index (κ3) is 2.43. The highest BCUT2D eigenvalue weighted by Gasteiger charge is 2.18. The van der Waals surface area contributed by atoms with Gasteiger partial charge in [0.25, 0.3) is 0 Å². The minimum absolute atomic E-state index is 0.214. The van der Waals surface area contributed by atoms with E-state index in [1.165, 1.54) is 0 Å². The fraction of sp³-hybridized carbons (Fsp3) is 0.667. The van der Waals surface area contributed by atoms with E-state index in [0.29, 0.717) is 12.5 Å². The van der Waals surface area contributed by atoms with E-state index in [2.05, 4.69) is 18.9 Å². The molecular weight excluding hydrogens is 202 g/mol. The molecule has 1 saturated heterocycles. The first-order chi connectivity index (χ1) is 7.66. The van der Waals surface area contributed by atoms with Crippen molar-refractivity contribution in [3.63, 3.8) is 0 Å². The Balaban J connectivity index is 1.95. The Morgan fingerprint density at radius 3 is 2.69 bits per heavy atom. The lowest BCUT2D eigenvalue weighted by Crippen LogP contribution is -2.29. The Kier molecular flexibility index (Phi) is 3.27. The average molecular weight is 221 g/mol. The molecule has 1 aromatic heterocycles. The maximum Gasteiger partial charge on any atom is 0.228 e. The molecular formula is C12H19N3O. The minimum Gasteiger partial charge on any atom is -0.342 e. The van der Waals surface area contributed by atoms with Crippen molar-refractivity contribution in [1.82, 2.24) is 14.7 Å². The summed E-state index contributed by atoms with van der Waals surface area (Å²) in [5.41, 5.74) is 0.880. The smallest absolute Gasteiger partial charge is 0.228 e. The SMILES string of the molecule is CC(C)n1ccc(CC(=O)N2CCCC2)n1. The van der Waals surface area contributed by atoms with Crippen molar-refractivity contribution in [2.75, 3.05) is 13.1 Å². The fourth-order valence-corrected chi connectivity index (χ4v) is 1.99. The molecule has 1 aliphatic rings. The van der Waals surface area contributed by atoms with Crippen molar-refractivity contribution < 1.29 is 4.79 Å². The molecule has 0 aliphatic carbocycles. The van der Waals surface area contributed by atoms with E-state index in [0.717, 1.165) is 31.6 Å². The van der Waals surface area contributed by atoms with Crippen LogP contribution in [0.2, 0.25) is 0 Å². The lowest BCUT2D eigenvalue weighted by atomic mass is 10.3. The quantitative estimate of drug-likeness (QED) is 0.778. The summed E-state index contributed by atoms with van der Waals surface area (Å²) in [6, 6.07) is 2.30. The fourth-order valence-electron chi connectivity index (χ4n) is 1.99. The van der Waals surface area contributed by atoms with E-state index < -0.39 is 0 Å². The lowest BCUT2D eigenvalue weighted by Gasteiger charge is -2.13. The van der Waals surface area contributed by atoms with E-state index in [-0.39, 0.29) is 5.91 Å². The molecule has 16 heavy (non-hydrogen) atoms. The Morgan fingerprint density at radius 1 is 1.44 bits per heavy atom. The molecule has 2 rings (SSSR count). The van der Waals surface area contributed by atoms with Crippen molar-refractivity contribution in [2.24, 2.45) is 0 Å². The van der Waals surface area contributed by atoms with Crippen LogP contribution in [0.5, 0.6) is 0 Å². The first-order valence-corrected chi connectivity index (χ1v) is 5.98. The first kappa shape index (κ1) is 11.2. The third-order valence-electron chi connectivity index (χ3n) is 2.98. The number of likely N-dealkylation sites (tertiary alicyclic amines) is 1. The van der Waals surface area contributed by atoms with Gasteiger partial charge < -0.3 is 4.90 Å². The van der Waals surface area contributed by atoms with E-state index in [4.69, 9.17) is 0 Å². The van der Waals surface area contributed by atoms with Crippen molar-refractivity contribution in [1.29, 1.82) is 0 Å². The maximum atomic E-state index is 11.9. The van der Waals surface area contributed by atoms with Crippen LogP contribution in [0.4, 0.5) is 0 Å². The molecule has 0 radical (unpaired) electrons. The number of hydrogen-bond acceptors (Lipinski definition) is 2. The summed E-state index contributed by atoms with van der Waals surface area (Å²) in [6.45, 7) is 6.01.